The van der Waals surface area contributed by atoms with Crippen LogP contribution in [0.5, 0.6) is 0 Å². The van der Waals surface area contributed by atoms with E-state index in [9.17, 15) is 9.59 Å². The van der Waals surface area contributed by atoms with Crippen LogP contribution in [-0.2, 0) is 16.1 Å². The van der Waals surface area contributed by atoms with Crippen LogP contribution in [-0.4, -0.2) is 47.2 Å². The molecule has 7 nitrogen and oxygen atoms in total. The summed E-state index contributed by atoms with van der Waals surface area (Å²) in [6, 6.07) is 1.52. The van der Waals surface area contributed by atoms with E-state index in [-0.39, 0.29) is 30.7 Å². The van der Waals surface area contributed by atoms with Gasteiger partial charge < -0.3 is 19.3 Å². The lowest BCUT2D eigenvalue weighted by Crippen LogP contribution is -2.30. The summed E-state index contributed by atoms with van der Waals surface area (Å²) in [5, 5.41) is 12.7. The van der Waals surface area contributed by atoms with Crippen LogP contribution in [0.2, 0.25) is 0 Å². The molecule has 2 heterocycles. The lowest BCUT2D eigenvalue weighted by molar-refractivity contribution is -0.142. The molecule has 1 amide bonds. The third-order valence-electron chi connectivity index (χ3n) is 3.28. The first-order chi connectivity index (χ1) is 9.02. The van der Waals surface area contributed by atoms with E-state index in [0.717, 1.165) is 0 Å². The molecular weight excluding hydrogens is 252 g/mol. The molecule has 104 valence electrons. The summed E-state index contributed by atoms with van der Waals surface area (Å²) < 4.78 is 9.82. The van der Waals surface area contributed by atoms with Crippen molar-refractivity contribution in [1.82, 2.24) is 10.1 Å². The van der Waals surface area contributed by atoms with Crippen LogP contribution in [0, 0.1) is 11.8 Å². The Kier molecular flexibility index (Phi) is 3.84. The average Bonchev–Trinajstić information content (AvgIpc) is 2.95. The number of rotatable bonds is 4. The van der Waals surface area contributed by atoms with Gasteiger partial charge in [-0.2, -0.15) is 0 Å². The Morgan fingerprint density at radius 1 is 1.58 bits per heavy atom. The smallest absolute Gasteiger partial charge is 0.308 e. The summed E-state index contributed by atoms with van der Waals surface area (Å²) in [5.74, 6) is -1.29. The molecule has 0 radical (unpaired) electrons. The molecule has 0 spiro atoms. The first kappa shape index (κ1) is 13.5. The summed E-state index contributed by atoms with van der Waals surface area (Å²) in [6.07, 6.45) is 0. The minimum Gasteiger partial charge on any atom is -0.481 e. The molecule has 1 aromatic rings. The van der Waals surface area contributed by atoms with Crippen molar-refractivity contribution in [3.63, 3.8) is 0 Å². The first-order valence-corrected chi connectivity index (χ1v) is 5.99. The number of hydrogen-bond acceptors (Lipinski definition) is 5. The molecule has 1 aliphatic heterocycles. The van der Waals surface area contributed by atoms with E-state index in [1.165, 1.54) is 18.1 Å². The highest BCUT2D eigenvalue weighted by molar-refractivity contribution is 5.93. The molecule has 2 rings (SSSR count). The average molecular weight is 268 g/mol. The van der Waals surface area contributed by atoms with Crippen LogP contribution in [0.25, 0.3) is 0 Å². The van der Waals surface area contributed by atoms with Gasteiger partial charge in [-0.1, -0.05) is 12.1 Å². The normalized spacial score (nSPS) is 22.7. The molecule has 0 aliphatic carbocycles. The number of amides is 1. The lowest BCUT2D eigenvalue weighted by atomic mass is 9.99. The predicted molar refractivity (Wildman–Crippen MR) is 63.4 cm³/mol. The molecule has 1 N–H and O–H groups in total. The van der Waals surface area contributed by atoms with Crippen molar-refractivity contribution in [1.29, 1.82) is 0 Å². The summed E-state index contributed by atoms with van der Waals surface area (Å²) in [5.41, 5.74) is 0.185. The Morgan fingerprint density at radius 3 is 2.89 bits per heavy atom. The van der Waals surface area contributed by atoms with Crippen LogP contribution >= 0.6 is 0 Å². The van der Waals surface area contributed by atoms with Gasteiger partial charge in [0.2, 0.25) is 0 Å². The van der Waals surface area contributed by atoms with Crippen LogP contribution in [0.4, 0.5) is 0 Å². The maximum atomic E-state index is 12.1. The fraction of sp³-hybridized carbons (Fsp3) is 0.583. The van der Waals surface area contributed by atoms with Gasteiger partial charge in [-0.05, 0) is 5.92 Å². The number of carboxylic acids is 1. The summed E-state index contributed by atoms with van der Waals surface area (Å²) in [4.78, 5) is 24.7. The Labute approximate surface area is 110 Å². The van der Waals surface area contributed by atoms with Gasteiger partial charge in [-0.25, -0.2) is 0 Å². The number of carbonyl (C=O) groups excluding carboxylic acids is 1. The first-order valence-electron chi connectivity index (χ1n) is 5.99. The van der Waals surface area contributed by atoms with E-state index in [1.54, 1.807) is 0 Å². The van der Waals surface area contributed by atoms with E-state index in [2.05, 4.69) is 5.16 Å². The molecule has 1 fully saturated rings. The second-order valence-corrected chi connectivity index (χ2v) is 4.74. The van der Waals surface area contributed by atoms with E-state index < -0.39 is 11.9 Å². The van der Waals surface area contributed by atoms with Crippen LogP contribution < -0.4 is 0 Å². The summed E-state index contributed by atoms with van der Waals surface area (Å²) >= 11 is 0. The zero-order chi connectivity index (χ0) is 14.0. The zero-order valence-electron chi connectivity index (χ0n) is 10.8. The quantitative estimate of drug-likeness (QED) is 0.860. The van der Waals surface area contributed by atoms with E-state index in [0.29, 0.717) is 12.3 Å². The maximum absolute atomic E-state index is 12.1. The van der Waals surface area contributed by atoms with Gasteiger partial charge in [0, 0.05) is 26.3 Å². The van der Waals surface area contributed by atoms with E-state index in [1.807, 2.05) is 6.92 Å². The van der Waals surface area contributed by atoms with Crippen LogP contribution in [0.15, 0.2) is 10.6 Å². The van der Waals surface area contributed by atoms with Crippen LogP contribution in [0.3, 0.4) is 0 Å². The number of ether oxygens (including phenoxy) is 1. The second kappa shape index (κ2) is 5.40. The lowest BCUT2D eigenvalue weighted by Gasteiger charge is -2.13. The summed E-state index contributed by atoms with van der Waals surface area (Å²) in [7, 11) is 1.52. The molecule has 1 aliphatic rings. The monoisotopic (exact) mass is 268 g/mol. The highest BCUT2D eigenvalue weighted by Crippen LogP contribution is 2.24. The van der Waals surface area contributed by atoms with Gasteiger partial charge in [0.1, 0.15) is 6.61 Å². The largest absolute Gasteiger partial charge is 0.481 e. The minimum absolute atomic E-state index is 0.0632. The number of carbonyl (C=O) groups is 2. The van der Waals surface area contributed by atoms with E-state index >= 15 is 0 Å². The molecule has 1 aromatic heterocycles. The predicted octanol–water partition coefficient (Wildman–Crippen LogP) is 0.614. The van der Waals surface area contributed by atoms with Gasteiger partial charge in [-0.15, -0.1) is 0 Å². The van der Waals surface area contributed by atoms with Gasteiger partial charge >= 0.3 is 5.97 Å². The molecule has 2 unspecified atom stereocenters. The Hall–Kier alpha value is -1.89. The van der Waals surface area contributed by atoms with Crippen molar-refractivity contribution in [2.75, 3.05) is 20.2 Å². The molecule has 0 bridgehead atoms. The van der Waals surface area contributed by atoms with Crippen molar-refractivity contribution in [2.24, 2.45) is 11.8 Å². The molecule has 0 saturated carbocycles. The number of aliphatic carboxylic acids is 1. The number of aromatic nitrogens is 1. The van der Waals surface area contributed by atoms with Crippen molar-refractivity contribution in [3.8, 4) is 0 Å². The summed E-state index contributed by atoms with van der Waals surface area (Å²) in [6.45, 7) is 2.70. The number of likely N-dealkylation sites (tertiary alicyclic amines) is 1. The second-order valence-electron chi connectivity index (χ2n) is 4.74. The van der Waals surface area contributed by atoms with Gasteiger partial charge in [0.05, 0.1) is 5.92 Å². The minimum atomic E-state index is -0.872. The Morgan fingerprint density at radius 2 is 2.32 bits per heavy atom. The zero-order valence-corrected chi connectivity index (χ0v) is 10.8. The van der Waals surface area contributed by atoms with Gasteiger partial charge in [-0.3, -0.25) is 9.59 Å². The Balaban J connectivity index is 2.06. The maximum Gasteiger partial charge on any atom is 0.308 e. The molecule has 19 heavy (non-hydrogen) atoms. The fourth-order valence-electron chi connectivity index (χ4n) is 2.24. The van der Waals surface area contributed by atoms with Crippen molar-refractivity contribution < 1.29 is 24.0 Å². The van der Waals surface area contributed by atoms with Crippen LogP contribution in [0.1, 0.15) is 23.2 Å². The highest BCUT2D eigenvalue weighted by Gasteiger charge is 2.37. The molecule has 7 heteroatoms. The Bertz CT molecular complexity index is 484. The molecule has 1 saturated heterocycles. The number of nitrogens with zero attached hydrogens (tertiary/aromatic N) is 2. The standard InChI is InChI=1S/C12H16N2O5/c1-7-4-14(5-9(7)12(16)17)11(15)10-3-8(6-18-2)19-13-10/h3,7,9H,4-6H2,1-2H3,(H,16,17). The van der Waals surface area contributed by atoms with Gasteiger partial charge in [0.15, 0.2) is 11.5 Å². The number of hydrogen-bond donors (Lipinski definition) is 1. The molecule has 2 atom stereocenters. The third kappa shape index (κ3) is 2.76. The third-order valence-corrected chi connectivity index (χ3v) is 3.28. The number of carboxylic acid groups (broad SMARTS) is 1. The SMILES string of the molecule is COCc1cc(C(=O)N2CC(C)C(C(=O)O)C2)no1. The highest BCUT2D eigenvalue weighted by atomic mass is 16.5. The van der Waals surface area contributed by atoms with Crippen molar-refractivity contribution >= 4 is 11.9 Å². The van der Waals surface area contributed by atoms with Crippen molar-refractivity contribution in [3.05, 3.63) is 17.5 Å². The van der Waals surface area contributed by atoms with Gasteiger partial charge in [0.25, 0.3) is 5.91 Å². The number of methoxy groups -OCH3 is 1. The fourth-order valence-corrected chi connectivity index (χ4v) is 2.24. The van der Waals surface area contributed by atoms with Crippen molar-refractivity contribution in [2.45, 2.75) is 13.5 Å². The van der Waals surface area contributed by atoms with E-state index in [4.69, 9.17) is 14.4 Å². The molecular formula is C12H16N2O5. The topological polar surface area (TPSA) is 92.9 Å². The molecule has 0 aromatic carbocycles.